The van der Waals surface area contributed by atoms with E-state index in [9.17, 15) is 9.59 Å². The van der Waals surface area contributed by atoms with E-state index in [1.807, 2.05) is 12.1 Å². The van der Waals surface area contributed by atoms with Crippen LogP contribution < -0.4 is 0 Å². The Labute approximate surface area is 138 Å². The zero-order chi connectivity index (χ0) is 17.0. The van der Waals surface area contributed by atoms with E-state index in [2.05, 4.69) is 20.8 Å². The first kappa shape index (κ1) is 17.5. The second-order valence-electron chi connectivity index (χ2n) is 7.26. The van der Waals surface area contributed by atoms with Crippen LogP contribution in [-0.2, 0) is 14.9 Å². The van der Waals surface area contributed by atoms with E-state index < -0.39 is 12.1 Å². The number of hydrogen-bond acceptors (Lipinski definition) is 3. The van der Waals surface area contributed by atoms with Gasteiger partial charge < -0.3 is 9.64 Å². The molecule has 1 amide bonds. The molecule has 126 valence electrons. The van der Waals surface area contributed by atoms with E-state index in [0.717, 1.165) is 37.9 Å². The molecule has 4 nitrogen and oxygen atoms in total. The SMILES string of the molecule is CC(OC(=O)c1ccc(C(C)(C)C)cc1)C(=O)N1CCCCC1. The van der Waals surface area contributed by atoms with Gasteiger partial charge in [-0.15, -0.1) is 0 Å². The predicted octanol–water partition coefficient (Wildman–Crippen LogP) is 3.54. The standard InChI is InChI=1S/C19H27NO3/c1-14(17(21)20-12-6-5-7-13-20)23-18(22)15-8-10-16(11-9-15)19(2,3)4/h8-11,14H,5-7,12-13H2,1-4H3. The normalized spacial score (nSPS) is 16.8. The van der Waals surface area contributed by atoms with Gasteiger partial charge in [0.05, 0.1) is 5.56 Å². The minimum atomic E-state index is -0.733. The number of ether oxygens (including phenoxy) is 1. The summed E-state index contributed by atoms with van der Waals surface area (Å²) in [5, 5.41) is 0. The summed E-state index contributed by atoms with van der Waals surface area (Å²) >= 11 is 0. The summed E-state index contributed by atoms with van der Waals surface area (Å²) in [7, 11) is 0. The smallest absolute Gasteiger partial charge is 0.338 e. The number of amides is 1. The van der Waals surface area contributed by atoms with Gasteiger partial charge >= 0.3 is 5.97 Å². The molecule has 0 aromatic heterocycles. The summed E-state index contributed by atoms with van der Waals surface area (Å²) in [6.07, 6.45) is 2.49. The first-order chi connectivity index (χ1) is 10.8. The fourth-order valence-electron chi connectivity index (χ4n) is 2.76. The number of carbonyl (C=O) groups is 2. The largest absolute Gasteiger partial charge is 0.449 e. The van der Waals surface area contributed by atoms with Crippen molar-refractivity contribution in [1.29, 1.82) is 0 Å². The maximum absolute atomic E-state index is 12.3. The Morgan fingerprint density at radius 3 is 2.13 bits per heavy atom. The minimum Gasteiger partial charge on any atom is -0.449 e. The maximum atomic E-state index is 12.3. The van der Waals surface area contributed by atoms with Crippen LogP contribution in [0.2, 0.25) is 0 Å². The number of rotatable bonds is 3. The van der Waals surface area contributed by atoms with E-state index in [-0.39, 0.29) is 11.3 Å². The summed E-state index contributed by atoms with van der Waals surface area (Å²) in [5.74, 6) is -0.535. The highest BCUT2D eigenvalue weighted by Gasteiger charge is 2.25. The molecule has 1 unspecified atom stereocenters. The third-order valence-corrected chi connectivity index (χ3v) is 4.29. The van der Waals surface area contributed by atoms with Gasteiger partial charge in [-0.1, -0.05) is 32.9 Å². The van der Waals surface area contributed by atoms with Crippen LogP contribution in [0, 0.1) is 0 Å². The summed E-state index contributed by atoms with van der Waals surface area (Å²) in [6.45, 7) is 9.55. The van der Waals surface area contributed by atoms with Crippen LogP contribution in [0.15, 0.2) is 24.3 Å². The average Bonchev–Trinajstić information content (AvgIpc) is 2.54. The van der Waals surface area contributed by atoms with Gasteiger partial charge in [-0.3, -0.25) is 4.79 Å². The molecule has 0 aliphatic carbocycles. The summed E-state index contributed by atoms with van der Waals surface area (Å²) in [5.41, 5.74) is 1.68. The van der Waals surface area contributed by atoms with E-state index >= 15 is 0 Å². The Balaban J connectivity index is 1.96. The van der Waals surface area contributed by atoms with E-state index in [4.69, 9.17) is 4.74 Å². The number of likely N-dealkylation sites (tertiary alicyclic amines) is 1. The Kier molecular flexibility index (Phi) is 5.45. The van der Waals surface area contributed by atoms with Crippen molar-refractivity contribution in [2.45, 2.75) is 58.5 Å². The van der Waals surface area contributed by atoms with Crippen LogP contribution in [0.3, 0.4) is 0 Å². The zero-order valence-corrected chi connectivity index (χ0v) is 14.6. The predicted molar refractivity (Wildman–Crippen MR) is 90.5 cm³/mol. The molecular weight excluding hydrogens is 290 g/mol. The Morgan fingerprint density at radius 2 is 1.61 bits per heavy atom. The van der Waals surface area contributed by atoms with E-state index in [0.29, 0.717) is 5.56 Å². The van der Waals surface area contributed by atoms with Crippen molar-refractivity contribution in [3.05, 3.63) is 35.4 Å². The van der Waals surface area contributed by atoms with Gasteiger partial charge in [0, 0.05) is 13.1 Å². The molecule has 1 aromatic rings. The second kappa shape index (κ2) is 7.16. The van der Waals surface area contributed by atoms with Crippen LogP contribution in [-0.4, -0.2) is 36.0 Å². The number of nitrogens with zero attached hydrogens (tertiary/aromatic N) is 1. The fraction of sp³-hybridized carbons (Fsp3) is 0.579. The molecule has 1 fully saturated rings. The zero-order valence-electron chi connectivity index (χ0n) is 14.6. The molecule has 0 radical (unpaired) electrons. The molecular formula is C19H27NO3. The monoisotopic (exact) mass is 317 g/mol. The molecule has 1 atom stereocenters. The Hall–Kier alpha value is -1.84. The third-order valence-electron chi connectivity index (χ3n) is 4.29. The molecule has 1 aromatic carbocycles. The van der Waals surface area contributed by atoms with Gasteiger partial charge in [0.25, 0.3) is 5.91 Å². The second-order valence-corrected chi connectivity index (χ2v) is 7.26. The van der Waals surface area contributed by atoms with Gasteiger partial charge in [0.15, 0.2) is 6.10 Å². The lowest BCUT2D eigenvalue weighted by molar-refractivity contribution is -0.140. The lowest BCUT2D eigenvalue weighted by atomic mass is 9.87. The van der Waals surface area contributed by atoms with E-state index in [1.165, 1.54) is 0 Å². The molecule has 1 aliphatic heterocycles. The van der Waals surface area contributed by atoms with Crippen molar-refractivity contribution in [2.75, 3.05) is 13.1 Å². The quantitative estimate of drug-likeness (QED) is 0.801. The highest BCUT2D eigenvalue weighted by molar-refractivity contribution is 5.92. The van der Waals surface area contributed by atoms with Gasteiger partial charge in [-0.2, -0.15) is 0 Å². The molecule has 4 heteroatoms. The molecule has 0 bridgehead atoms. The average molecular weight is 317 g/mol. The van der Waals surface area contributed by atoms with Gasteiger partial charge in [0.1, 0.15) is 0 Å². The maximum Gasteiger partial charge on any atom is 0.338 e. The molecule has 2 rings (SSSR count). The molecule has 1 aliphatic rings. The topological polar surface area (TPSA) is 46.6 Å². The minimum absolute atomic E-state index is 0.0416. The molecule has 1 heterocycles. The molecule has 0 N–H and O–H groups in total. The molecule has 1 saturated heterocycles. The summed E-state index contributed by atoms with van der Waals surface area (Å²) in [4.78, 5) is 26.3. The number of benzene rings is 1. The highest BCUT2D eigenvalue weighted by Crippen LogP contribution is 2.22. The molecule has 0 saturated carbocycles. The van der Waals surface area contributed by atoms with Crippen LogP contribution in [0.1, 0.15) is 62.9 Å². The Morgan fingerprint density at radius 1 is 1.04 bits per heavy atom. The van der Waals surface area contributed by atoms with Crippen molar-refractivity contribution in [1.82, 2.24) is 4.90 Å². The summed E-state index contributed by atoms with van der Waals surface area (Å²) < 4.78 is 5.35. The lowest BCUT2D eigenvalue weighted by Crippen LogP contribution is -2.42. The van der Waals surface area contributed by atoms with Crippen molar-refractivity contribution in [3.63, 3.8) is 0 Å². The van der Waals surface area contributed by atoms with E-state index in [1.54, 1.807) is 24.0 Å². The van der Waals surface area contributed by atoms with Crippen LogP contribution in [0.5, 0.6) is 0 Å². The molecule has 0 spiro atoms. The number of esters is 1. The van der Waals surface area contributed by atoms with Gasteiger partial charge in [-0.25, -0.2) is 4.79 Å². The first-order valence-electron chi connectivity index (χ1n) is 8.39. The van der Waals surface area contributed by atoms with Crippen molar-refractivity contribution >= 4 is 11.9 Å². The Bertz CT molecular complexity index is 551. The van der Waals surface area contributed by atoms with Crippen LogP contribution in [0.25, 0.3) is 0 Å². The highest BCUT2D eigenvalue weighted by atomic mass is 16.5. The third kappa shape index (κ3) is 4.57. The van der Waals surface area contributed by atoms with Crippen molar-refractivity contribution < 1.29 is 14.3 Å². The number of carbonyl (C=O) groups excluding carboxylic acids is 2. The number of hydrogen-bond donors (Lipinski definition) is 0. The van der Waals surface area contributed by atoms with Gasteiger partial charge in [-0.05, 0) is 49.3 Å². The van der Waals surface area contributed by atoms with Crippen LogP contribution >= 0.6 is 0 Å². The summed E-state index contributed by atoms with van der Waals surface area (Å²) in [6, 6.07) is 7.41. The molecule has 23 heavy (non-hydrogen) atoms. The van der Waals surface area contributed by atoms with Gasteiger partial charge in [0.2, 0.25) is 0 Å². The fourth-order valence-corrected chi connectivity index (χ4v) is 2.76. The lowest BCUT2D eigenvalue weighted by Gasteiger charge is -2.29. The number of piperidine rings is 1. The first-order valence-corrected chi connectivity index (χ1v) is 8.39. The van der Waals surface area contributed by atoms with Crippen molar-refractivity contribution in [3.8, 4) is 0 Å². The van der Waals surface area contributed by atoms with Crippen molar-refractivity contribution in [2.24, 2.45) is 0 Å². The van der Waals surface area contributed by atoms with Crippen LogP contribution in [0.4, 0.5) is 0 Å².